The Hall–Kier alpha value is -3.05. The summed E-state index contributed by atoms with van der Waals surface area (Å²) in [4.78, 5) is 28.3. The van der Waals surface area contributed by atoms with Gasteiger partial charge in [0.2, 0.25) is 0 Å². The van der Waals surface area contributed by atoms with Crippen molar-refractivity contribution in [2.45, 2.75) is 108 Å². The van der Waals surface area contributed by atoms with Crippen molar-refractivity contribution in [3.63, 3.8) is 0 Å². The van der Waals surface area contributed by atoms with Crippen LogP contribution < -0.4 is 10.1 Å². The highest BCUT2D eigenvalue weighted by Crippen LogP contribution is 2.43. The van der Waals surface area contributed by atoms with Crippen molar-refractivity contribution < 1.29 is 35.8 Å². The number of esters is 1. The number of carbonyl (C=O) groups excluding carboxylic acids is 2. The van der Waals surface area contributed by atoms with Gasteiger partial charge in [0.05, 0.1) is 13.5 Å². The SMILES string of the molecule is CCC(CC(=O)OC(C)(C)C)c1cc(F)cc2c1CCCC(=O)C2(C)N1CCC[C@@H](Nc2ccc(S(=O)(=O)F)c(OC)c2)C1. The molecule has 2 aromatic carbocycles. The van der Waals surface area contributed by atoms with Crippen molar-refractivity contribution in [2.75, 3.05) is 25.5 Å². The van der Waals surface area contributed by atoms with E-state index >= 15 is 4.39 Å². The molecule has 1 heterocycles. The van der Waals surface area contributed by atoms with E-state index in [1.54, 1.807) is 0 Å². The number of halogens is 2. The Labute approximate surface area is 259 Å². The number of anilines is 1. The first-order chi connectivity index (χ1) is 20.6. The topological polar surface area (TPSA) is 102 Å². The number of rotatable bonds is 9. The number of carbonyl (C=O) groups is 2. The summed E-state index contributed by atoms with van der Waals surface area (Å²) in [5, 5.41) is 3.39. The maximum atomic E-state index is 15.4. The lowest BCUT2D eigenvalue weighted by Crippen LogP contribution is -2.55. The minimum Gasteiger partial charge on any atom is -0.495 e. The molecule has 44 heavy (non-hydrogen) atoms. The Morgan fingerprint density at radius 2 is 1.91 bits per heavy atom. The summed E-state index contributed by atoms with van der Waals surface area (Å²) >= 11 is 0. The van der Waals surface area contributed by atoms with Crippen molar-refractivity contribution in [3.8, 4) is 5.75 Å². The number of Topliss-reactive ketones (excluding diaryl/α,β-unsaturated/α-hetero) is 1. The van der Waals surface area contributed by atoms with Gasteiger partial charge in [-0.15, -0.1) is 3.89 Å². The van der Waals surface area contributed by atoms with Gasteiger partial charge in [0, 0.05) is 30.8 Å². The van der Waals surface area contributed by atoms with Gasteiger partial charge in [-0.25, -0.2) is 4.39 Å². The van der Waals surface area contributed by atoms with Gasteiger partial charge in [-0.3, -0.25) is 14.5 Å². The number of hydrogen-bond donors (Lipinski definition) is 1. The molecule has 0 bridgehead atoms. The molecule has 1 aliphatic carbocycles. The highest BCUT2D eigenvalue weighted by atomic mass is 32.3. The van der Waals surface area contributed by atoms with Gasteiger partial charge in [0.1, 0.15) is 27.6 Å². The molecule has 0 amide bonds. The van der Waals surface area contributed by atoms with Crippen LogP contribution in [-0.4, -0.2) is 56.9 Å². The van der Waals surface area contributed by atoms with Crippen LogP contribution >= 0.6 is 0 Å². The summed E-state index contributed by atoms with van der Waals surface area (Å²) in [6, 6.07) is 6.97. The number of hydrogen-bond acceptors (Lipinski definition) is 8. The lowest BCUT2D eigenvalue weighted by atomic mass is 9.78. The predicted molar refractivity (Wildman–Crippen MR) is 165 cm³/mol. The van der Waals surface area contributed by atoms with Gasteiger partial charge in [-0.05, 0) is 113 Å². The van der Waals surface area contributed by atoms with Gasteiger partial charge < -0.3 is 14.8 Å². The van der Waals surface area contributed by atoms with Gasteiger partial charge in [-0.1, -0.05) is 6.92 Å². The Bertz CT molecular complexity index is 1510. The first-order valence-corrected chi connectivity index (χ1v) is 16.7. The number of nitrogens with one attached hydrogen (secondary N) is 1. The normalized spacial score (nSPS) is 22.1. The molecule has 0 aromatic heterocycles. The van der Waals surface area contributed by atoms with E-state index in [-0.39, 0.29) is 35.9 Å². The average Bonchev–Trinajstić information content (AvgIpc) is 3.06. The maximum absolute atomic E-state index is 15.4. The van der Waals surface area contributed by atoms with Crippen LogP contribution in [-0.2, 0) is 36.5 Å². The Morgan fingerprint density at radius 1 is 1.18 bits per heavy atom. The summed E-state index contributed by atoms with van der Waals surface area (Å²) in [5.41, 5.74) is 1.18. The third kappa shape index (κ3) is 7.42. The standard InChI is InChI=1S/C33H44F2N2O6S/c1-7-21(16-31(39)43-32(2,3)4)26-17-22(34)18-27-25(26)11-8-12-30(38)33(27,5)37-15-9-10-24(20-37)36-23-13-14-29(44(35,40)41)28(19-23)42-6/h13-14,17-19,21,24,36H,7-12,15-16,20H2,1-6H3/t21?,24-,33?/m1/s1. The monoisotopic (exact) mass is 634 g/mol. The zero-order valence-electron chi connectivity index (χ0n) is 26.5. The summed E-state index contributed by atoms with van der Waals surface area (Å²) in [6.45, 7) is 10.4. The number of likely N-dealkylation sites (tertiary alicyclic amines) is 1. The average molecular weight is 635 g/mol. The van der Waals surface area contributed by atoms with Crippen LogP contribution in [0.4, 0.5) is 14.0 Å². The smallest absolute Gasteiger partial charge is 0.335 e. The number of nitrogens with zero attached hydrogens (tertiary/aromatic N) is 1. The summed E-state index contributed by atoms with van der Waals surface area (Å²) in [7, 11) is -3.68. The van der Waals surface area contributed by atoms with Crippen molar-refractivity contribution in [2.24, 2.45) is 0 Å². The fraction of sp³-hybridized carbons (Fsp3) is 0.576. The molecule has 2 aliphatic rings. The highest BCUT2D eigenvalue weighted by Gasteiger charge is 2.46. The second-order valence-electron chi connectivity index (χ2n) is 13.0. The molecule has 0 radical (unpaired) electrons. The van der Waals surface area contributed by atoms with E-state index in [0.29, 0.717) is 50.0 Å². The van der Waals surface area contributed by atoms with E-state index in [1.165, 1.54) is 31.4 Å². The lowest BCUT2D eigenvalue weighted by Gasteiger charge is -2.45. The number of ether oxygens (including phenoxy) is 2. The molecule has 242 valence electrons. The molecule has 11 heteroatoms. The third-order valence-electron chi connectivity index (χ3n) is 8.76. The minimum absolute atomic E-state index is 0.0211. The summed E-state index contributed by atoms with van der Waals surface area (Å²) < 4.78 is 62.8. The van der Waals surface area contributed by atoms with Gasteiger partial charge >= 0.3 is 16.2 Å². The molecule has 1 N–H and O–H groups in total. The van der Waals surface area contributed by atoms with Crippen molar-refractivity contribution in [3.05, 3.63) is 52.8 Å². The highest BCUT2D eigenvalue weighted by molar-refractivity contribution is 7.86. The van der Waals surface area contributed by atoms with Crippen LogP contribution in [0.5, 0.6) is 5.75 Å². The Balaban J connectivity index is 1.67. The number of ketones is 1. The summed E-state index contributed by atoms with van der Waals surface area (Å²) in [5.74, 6) is -1.12. The van der Waals surface area contributed by atoms with E-state index in [2.05, 4.69) is 10.2 Å². The Kier molecular flexibility index (Phi) is 10.1. The number of piperidine rings is 1. The number of benzene rings is 2. The number of fused-ring (bicyclic) bond motifs is 1. The lowest BCUT2D eigenvalue weighted by molar-refractivity contribution is -0.155. The molecule has 2 aromatic rings. The van der Waals surface area contributed by atoms with Crippen LogP contribution in [0.3, 0.4) is 0 Å². The van der Waals surface area contributed by atoms with Crippen molar-refractivity contribution >= 4 is 27.7 Å². The molecule has 8 nitrogen and oxygen atoms in total. The van der Waals surface area contributed by atoms with E-state index in [0.717, 1.165) is 30.0 Å². The Morgan fingerprint density at radius 3 is 2.55 bits per heavy atom. The molecule has 0 saturated carbocycles. The van der Waals surface area contributed by atoms with E-state index in [9.17, 15) is 21.9 Å². The quantitative estimate of drug-likeness (QED) is 0.192. The molecule has 1 saturated heterocycles. The molecule has 3 atom stereocenters. The third-order valence-corrected chi connectivity index (χ3v) is 9.63. The van der Waals surface area contributed by atoms with Crippen molar-refractivity contribution in [1.82, 2.24) is 4.90 Å². The van der Waals surface area contributed by atoms with Crippen LogP contribution in [0.2, 0.25) is 0 Å². The number of methoxy groups -OCH3 is 1. The van der Waals surface area contributed by atoms with Gasteiger partial charge in [-0.2, -0.15) is 8.42 Å². The van der Waals surface area contributed by atoms with E-state index < -0.39 is 32.1 Å². The van der Waals surface area contributed by atoms with Gasteiger partial charge in [0.15, 0.2) is 5.78 Å². The van der Waals surface area contributed by atoms with Crippen molar-refractivity contribution in [1.29, 1.82) is 0 Å². The summed E-state index contributed by atoms with van der Waals surface area (Å²) in [6.07, 6.45) is 3.86. The van der Waals surface area contributed by atoms with E-state index in [4.69, 9.17) is 9.47 Å². The fourth-order valence-corrected chi connectivity index (χ4v) is 7.27. The molecule has 4 rings (SSSR count). The molecule has 2 unspecified atom stereocenters. The zero-order valence-corrected chi connectivity index (χ0v) is 27.3. The largest absolute Gasteiger partial charge is 0.495 e. The molecule has 1 aliphatic heterocycles. The van der Waals surface area contributed by atoms with Crippen LogP contribution in [0.15, 0.2) is 35.2 Å². The first-order valence-electron chi connectivity index (χ1n) is 15.3. The fourth-order valence-electron chi connectivity index (χ4n) is 6.66. The zero-order chi connectivity index (χ0) is 32.4. The maximum Gasteiger partial charge on any atom is 0.335 e. The predicted octanol–water partition coefficient (Wildman–Crippen LogP) is 6.42. The molecule has 1 fully saturated rings. The van der Waals surface area contributed by atoms with Crippen LogP contribution in [0.1, 0.15) is 95.8 Å². The molecular formula is C33H44F2N2O6S. The molecule has 0 spiro atoms. The second kappa shape index (κ2) is 13.1. The van der Waals surface area contributed by atoms with Crippen LogP contribution in [0, 0.1) is 5.82 Å². The van der Waals surface area contributed by atoms with Crippen LogP contribution in [0.25, 0.3) is 0 Å². The van der Waals surface area contributed by atoms with Gasteiger partial charge in [0.25, 0.3) is 0 Å². The first kappa shape index (κ1) is 33.8. The van der Waals surface area contributed by atoms with E-state index in [1.807, 2.05) is 34.6 Å². The molecular weight excluding hydrogens is 590 g/mol. The minimum atomic E-state index is -4.95. The second-order valence-corrected chi connectivity index (χ2v) is 14.3.